The molecule has 4 nitrogen and oxygen atoms in total. The van der Waals surface area contributed by atoms with Gasteiger partial charge in [0.1, 0.15) is 5.82 Å². The van der Waals surface area contributed by atoms with Crippen molar-refractivity contribution < 1.29 is 19.0 Å². The Bertz CT molecular complexity index is 508. The minimum Gasteiger partial charge on any atom is -0.478 e. The number of nitrogens with two attached hydrogens (primary N) is 1. The average molecular weight is 253 g/mol. The Kier molecular flexibility index (Phi) is 3.26. The zero-order valence-electron chi connectivity index (χ0n) is 10.4. The van der Waals surface area contributed by atoms with E-state index in [1.54, 1.807) is 6.92 Å². The fourth-order valence-electron chi connectivity index (χ4n) is 2.61. The predicted octanol–water partition coefficient (Wildman–Crippen LogP) is 2.23. The van der Waals surface area contributed by atoms with Crippen LogP contribution in [0.4, 0.5) is 10.1 Å². The largest absolute Gasteiger partial charge is 0.478 e. The summed E-state index contributed by atoms with van der Waals surface area (Å²) in [6.45, 7) is 4.14. The molecule has 0 saturated carbocycles. The Morgan fingerprint density at radius 3 is 2.61 bits per heavy atom. The highest BCUT2D eigenvalue weighted by Gasteiger charge is 2.28. The normalized spacial score (nSPS) is 19.2. The Morgan fingerprint density at radius 1 is 1.44 bits per heavy atom. The number of hydrogen-bond acceptors (Lipinski definition) is 3. The highest BCUT2D eigenvalue weighted by atomic mass is 19.1. The van der Waals surface area contributed by atoms with Gasteiger partial charge >= 0.3 is 5.97 Å². The van der Waals surface area contributed by atoms with Gasteiger partial charge in [0.2, 0.25) is 0 Å². The Balaban J connectivity index is 2.68. The second kappa shape index (κ2) is 4.57. The first-order valence-electron chi connectivity index (χ1n) is 5.84. The number of carboxylic acid groups (broad SMARTS) is 1. The van der Waals surface area contributed by atoms with Gasteiger partial charge in [-0.15, -0.1) is 0 Å². The maximum absolute atomic E-state index is 14.1. The van der Waals surface area contributed by atoms with Crippen LogP contribution in [0.5, 0.6) is 0 Å². The van der Waals surface area contributed by atoms with E-state index in [1.807, 2.05) is 0 Å². The molecule has 0 aliphatic carbocycles. The molecule has 1 heterocycles. The van der Waals surface area contributed by atoms with Crippen molar-refractivity contribution in [3.05, 3.63) is 28.1 Å². The van der Waals surface area contributed by atoms with E-state index in [0.717, 1.165) is 6.42 Å². The smallest absolute Gasteiger partial charge is 0.338 e. The van der Waals surface area contributed by atoms with E-state index >= 15 is 0 Å². The fraction of sp³-hybridized carbons (Fsp3) is 0.462. The van der Waals surface area contributed by atoms with Gasteiger partial charge in [0.15, 0.2) is 0 Å². The van der Waals surface area contributed by atoms with Crippen LogP contribution < -0.4 is 5.73 Å². The number of aromatic carboxylic acids is 1. The van der Waals surface area contributed by atoms with Crippen LogP contribution in [0.25, 0.3) is 0 Å². The maximum atomic E-state index is 14.1. The topological polar surface area (TPSA) is 72.5 Å². The van der Waals surface area contributed by atoms with Crippen LogP contribution in [0, 0.1) is 19.7 Å². The van der Waals surface area contributed by atoms with Gasteiger partial charge in [-0.05, 0) is 31.4 Å². The lowest BCUT2D eigenvalue weighted by molar-refractivity contribution is 0.0696. The maximum Gasteiger partial charge on any atom is 0.338 e. The van der Waals surface area contributed by atoms with E-state index < -0.39 is 11.8 Å². The number of anilines is 1. The first-order chi connectivity index (χ1) is 8.45. The molecule has 18 heavy (non-hydrogen) atoms. The third kappa shape index (κ3) is 1.84. The van der Waals surface area contributed by atoms with Crippen molar-refractivity contribution in [1.29, 1.82) is 0 Å². The van der Waals surface area contributed by atoms with Crippen molar-refractivity contribution in [2.24, 2.45) is 0 Å². The molecule has 98 valence electrons. The molecule has 0 spiro atoms. The summed E-state index contributed by atoms with van der Waals surface area (Å²) in [6, 6.07) is 0. The molecule has 0 radical (unpaired) electrons. The van der Waals surface area contributed by atoms with Crippen LogP contribution in [0.3, 0.4) is 0 Å². The molecule has 1 aromatic carbocycles. The molecule has 1 aliphatic heterocycles. The van der Waals surface area contributed by atoms with E-state index in [1.165, 1.54) is 6.92 Å². The lowest BCUT2D eigenvalue weighted by Gasteiger charge is -2.19. The Morgan fingerprint density at radius 2 is 2.11 bits per heavy atom. The molecule has 1 unspecified atom stereocenters. The summed E-state index contributed by atoms with van der Waals surface area (Å²) in [4.78, 5) is 11.2. The van der Waals surface area contributed by atoms with Crippen molar-refractivity contribution in [2.75, 3.05) is 18.9 Å². The lowest BCUT2D eigenvalue weighted by atomic mass is 9.87. The molecule has 1 aliphatic rings. The highest BCUT2D eigenvalue weighted by molar-refractivity contribution is 5.96. The third-order valence-corrected chi connectivity index (χ3v) is 3.55. The zero-order valence-corrected chi connectivity index (χ0v) is 10.4. The fourth-order valence-corrected chi connectivity index (χ4v) is 2.61. The predicted molar refractivity (Wildman–Crippen MR) is 65.4 cm³/mol. The van der Waals surface area contributed by atoms with Crippen LogP contribution in [-0.4, -0.2) is 24.3 Å². The molecule has 0 aromatic heterocycles. The van der Waals surface area contributed by atoms with Gasteiger partial charge in [0.25, 0.3) is 0 Å². The van der Waals surface area contributed by atoms with Crippen molar-refractivity contribution >= 4 is 11.7 Å². The molecule has 1 fully saturated rings. The van der Waals surface area contributed by atoms with Gasteiger partial charge < -0.3 is 15.6 Å². The SMILES string of the molecule is Cc1c(F)c(C)c(C2CCOC2)c(N)c1C(=O)O. The molecule has 0 bridgehead atoms. The average Bonchev–Trinajstić information content (AvgIpc) is 2.79. The highest BCUT2D eigenvalue weighted by Crippen LogP contribution is 2.37. The van der Waals surface area contributed by atoms with Gasteiger partial charge in [0.05, 0.1) is 17.9 Å². The minimum absolute atomic E-state index is 0.0156. The molecule has 5 heteroatoms. The van der Waals surface area contributed by atoms with Crippen LogP contribution in [0.2, 0.25) is 0 Å². The van der Waals surface area contributed by atoms with E-state index in [9.17, 15) is 9.18 Å². The number of benzene rings is 1. The van der Waals surface area contributed by atoms with Crippen molar-refractivity contribution in [1.82, 2.24) is 0 Å². The summed E-state index contributed by atoms with van der Waals surface area (Å²) >= 11 is 0. The number of hydrogen-bond donors (Lipinski definition) is 2. The van der Waals surface area contributed by atoms with E-state index in [4.69, 9.17) is 15.6 Å². The van der Waals surface area contributed by atoms with Crippen molar-refractivity contribution in [3.8, 4) is 0 Å². The monoisotopic (exact) mass is 253 g/mol. The lowest BCUT2D eigenvalue weighted by Crippen LogP contribution is -2.15. The van der Waals surface area contributed by atoms with E-state index in [-0.39, 0.29) is 22.7 Å². The van der Waals surface area contributed by atoms with Gasteiger partial charge in [-0.2, -0.15) is 0 Å². The first kappa shape index (κ1) is 12.8. The first-order valence-corrected chi connectivity index (χ1v) is 5.84. The summed E-state index contributed by atoms with van der Waals surface area (Å²) in [5, 5.41) is 9.15. The molecule has 3 N–H and O–H groups in total. The van der Waals surface area contributed by atoms with Gasteiger partial charge in [0, 0.05) is 18.1 Å². The summed E-state index contributed by atoms with van der Waals surface area (Å²) in [5.74, 6) is -1.69. The molecule has 2 rings (SSSR count). The molecule has 1 saturated heterocycles. The summed E-state index contributed by atoms with van der Waals surface area (Å²) in [5.41, 5.74) is 7.11. The van der Waals surface area contributed by atoms with Gasteiger partial charge in [-0.1, -0.05) is 0 Å². The molecular formula is C13H16FNO3. The number of rotatable bonds is 2. The molecule has 0 amide bonds. The van der Waals surface area contributed by atoms with Crippen LogP contribution in [0.1, 0.15) is 39.4 Å². The molecule has 1 atom stereocenters. The second-order valence-electron chi connectivity index (χ2n) is 4.63. The Labute approximate surface area is 105 Å². The van der Waals surface area contributed by atoms with Crippen molar-refractivity contribution in [3.63, 3.8) is 0 Å². The van der Waals surface area contributed by atoms with Crippen molar-refractivity contribution in [2.45, 2.75) is 26.2 Å². The third-order valence-electron chi connectivity index (χ3n) is 3.55. The summed E-state index contributed by atoms with van der Waals surface area (Å²) in [7, 11) is 0. The van der Waals surface area contributed by atoms with Crippen LogP contribution >= 0.6 is 0 Å². The number of halogens is 1. The number of ether oxygens (including phenoxy) is 1. The molecule has 1 aromatic rings. The van der Waals surface area contributed by atoms with Gasteiger partial charge in [-0.25, -0.2) is 9.18 Å². The number of carboxylic acids is 1. The number of nitrogen functional groups attached to an aromatic ring is 1. The van der Waals surface area contributed by atoms with E-state index in [2.05, 4.69) is 0 Å². The zero-order chi connectivity index (χ0) is 13.4. The number of carbonyl (C=O) groups is 1. The second-order valence-corrected chi connectivity index (χ2v) is 4.63. The Hall–Kier alpha value is -1.62. The summed E-state index contributed by atoms with van der Waals surface area (Å²) in [6.07, 6.45) is 0.743. The van der Waals surface area contributed by atoms with Crippen LogP contribution in [-0.2, 0) is 4.74 Å². The molecular weight excluding hydrogens is 237 g/mol. The van der Waals surface area contributed by atoms with E-state index in [0.29, 0.717) is 24.3 Å². The standard InChI is InChI=1S/C13H16FNO3/c1-6-9(8-3-4-18-5-8)12(15)10(13(16)17)7(2)11(6)14/h8H,3-5,15H2,1-2H3,(H,16,17). The van der Waals surface area contributed by atoms with Crippen LogP contribution in [0.15, 0.2) is 0 Å². The minimum atomic E-state index is -1.19. The summed E-state index contributed by atoms with van der Waals surface area (Å²) < 4.78 is 19.4. The van der Waals surface area contributed by atoms with Gasteiger partial charge in [-0.3, -0.25) is 0 Å². The quantitative estimate of drug-likeness (QED) is 0.793.